The molecule has 1 saturated heterocycles. The standard InChI is InChI=1S/C18H19ClN2O3S/c1-4-8-21-17(23)13(16(22)20-18(21)25)9-12-6-7-15(14(19)10-12)24-11(3)5-2/h4,6-7,9-11H,1,5,8H2,2-3H3,(H,20,22,25)/b13-9+. The number of nitrogens with one attached hydrogen (secondary N) is 1. The molecule has 1 aromatic rings. The molecule has 1 aliphatic rings. The molecule has 0 bridgehead atoms. The zero-order valence-electron chi connectivity index (χ0n) is 14.0. The molecule has 1 aliphatic heterocycles. The number of carbonyl (C=O) groups excluding carboxylic acids is 2. The molecule has 0 radical (unpaired) electrons. The van der Waals surface area contributed by atoms with E-state index in [1.807, 2.05) is 13.8 Å². The lowest BCUT2D eigenvalue weighted by atomic mass is 10.1. The molecule has 1 unspecified atom stereocenters. The van der Waals surface area contributed by atoms with E-state index in [4.69, 9.17) is 28.6 Å². The first-order valence-electron chi connectivity index (χ1n) is 7.83. The summed E-state index contributed by atoms with van der Waals surface area (Å²) in [4.78, 5) is 25.9. The van der Waals surface area contributed by atoms with E-state index in [9.17, 15) is 9.59 Å². The monoisotopic (exact) mass is 378 g/mol. The number of amides is 2. The maximum atomic E-state index is 12.5. The van der Waals surface area contributed by atoms with Gasteiger partial charge in [0.25, 0.3) is 11.8 Å². The van der Waals surface area contributed by atoms with Gasteiger partial charge in [0.05, 0.1) is 11.1 Å². The Labute approximate surface area is 157 Å². The Morgan fingerprint density at radius 3 is 2.76 bits per heavy atom. The van der Waals surface area contributed by atoms with Gasteiger partial charge in [0.2, 0.25) is 0 Å². The van der Waals surface area contributed by atoms with Crippen molar-refractivity contribution in [3.05, 3.63) is 47.0 Å². The predicted octanol–water partition coefficient (Wildman–Crippen LogP) is 3.33. The molecule has 1 N–H and O–H groups in total. The molecule has 7 heteroatoms. The van der Waals surface area contributed by atoms with E-state index in [2.05, 4.69) is 11.9 Å². The van der Waals surface area contributed by atoms with E-state index in [1.165, 1.54) is 17.1 Å². The van der Waals surface area contributed by atoms with Gasteiger partial charge in [-0.3, -0.25) is 19.8 Å². The van der Waals surface area contributed by atoms with Crippen molar-refractivity contribution in [1.82, 2.24) is 10.2 Å². The molecule has 25 heavy (non-hydrogen) atoms. The highest BCUT2D eigenvalue weighted by Gasteiger charge is 2.32. The van der Waals surface area contributed by atoms with Crippen LogP contribution >= 0.6 is 23.8 Å². The van der Waals surface area contributed by atoms with Crippen molar-refractivity contribution in [1.29, 1.82) is 0 Å². The van der Waals surface area contributed by atoms with E-state index in [-0.39, 0.29) is 23.3 Å². The fraction of sp³-hybridized carbons (Fsp3) is 0.278. The van der Waals surface area contributed by atoms with Gasteiger partial charge in [-0.1, -0.05) is 30.7 Å². The molecule has 1 fully saturated rings. The second-order valence-corrected chi connectivity index (χ2v) is 6.34. The number of thiocarbonyl (C=S) groups is 1. The van der Waals surface area contributed by atoms with Crippen LogP contribution in [0.5, 0.6) is 5.75 Å². The summed E-state index contributed by atoms with van der Waals surface area (Å²) < 4.78 is 5.71. The second-order valence-electron chi connectivity index (χ2n) is 5.55. The number of halogens is 1. The first-order valence-corrected chi connectivity index (χ1v) is 8.62. The highest BCUT2D eigenvalue weighted by Crippen LogP contribution is 2.28. The maximum Gasteiger partial charge on any atom is 0.265 e. The Morgan fingerprint density at radius 2 is 2.16 bits per heavy atom. The first kappa shape index (κ1) is 19.1. The summed E-state index contributed by atoms with van der Waals surface area (Å²) in [5, 5.41) is 2.98. The number of nitrogens with zero attached hydrogens (tertiary/aromatic N) is 1. The molecule has 1 heterocycles. The van der Waals surface area contributed by atoms with Crippen LogP contribution in [0.1, 0.15) is 25.8 Å². The van der Waals surface area contributed by atoms with Gasteiger partial charge >= 0.3 is 0 Å². The smallest absolute Gasteiger partial charge is 0.265 e. The number of hydrogen-bond acceptors (Lipinski definition) is 4. The van der Waals surface area contributed by atoms with Gasteiger partial charge in [-0.25, -0.2) is 0 Å². The van der Waals surface area contributed by atoms with Crippen LogP contribution < -0.4 is 10.1 Å². The van der Waals surface area contributed by atoms with Gasteiger partial charge in [0, 0.05) is 6.54 Å². The van der Waals surface area contributed by atoms with Gasteiger partial charge in [-0.2, -0.15) is 0 Å². The number of ether oxygens (including phenoxy) is 1. The number of rotatable bonds is 6. The SMILES string of the molecule is C=CCN1C(=O)/C(=C/c2ccc(OC(C)CC)c(Cl)c2)C(=O)NC1=S. The number of benzene rings is 1. The number of carbonyl (C=O) groups is 2. The third-order valence-electron chi connectivity index (χ3n) is 3.67. The molecule has 1 aromatic carbocycles. The lowest BCUT2D eigenvalue weighted by Gasteiger charge is -2.27. The highest BCUT2D eigenvalue weighted by molar-refractivity contribution is 7.80. The average molecular weight is 379 g/mol. The van der Waals surface area contributed by atoms with E-state index < -0.39 is 11.8 Å². The van der Waals surface area contributed by atoms with Crippen molar-refractivity contribution < 1.29 is 14.3 Å². The molecule has 5 nitrogen and oxygen atoms in total. The van der Waals surface area contributed by atoms with Crippen molar-refractivity contribution in [2.24, 2.45) is 0 Å². The van der Waals surface area contributed by atoms with E-state index in [0.717, 1.165) is 6.42 Å². The molecule has 1 atom stereocenters. The molecule has 0 aromatic heterocycles. The van der Waals surface area contributed by atoms with Crippen molar-refractivity contribution >= 4 is 46.8 Å². The molecule has 0 saturated carbocycles. The largest absolute Gasteiger partial charge is 0.489 e. The molecular formula is C18H19ClN2O3S. The van der Waals surface area contributed by atoms with Gasteiger partial charge in [0.15, 0.2) is 5.11 Å². The third-order valence-corrected chi connectivity index (χ3v) is 4.29. The van der Waals surface area contributed by atoms with Crippen LogP contribution in [0.4, 0.5) is 0 Å². The van der Waals surface area contributed by atoms with Crippen LogP contribution in [-0.4, -0.2) is 34.5 Å². The van der Waals surface area contributed by atoms with Crippen molar-refractivity contribution in [2.45, 2.75) is 26.4 Å². The van der Waals surface area contributed by atoms with Crippen LogP contribution in [0.2, 0.25) is 5.02 Å². The fourth-order valence-electron chi connectivity index (χ4n) is 2.16. The van der Waals surface area contributed by atoms with Crippen LogP contribution in [-0.2, 0) is 9.59 Å². The Kier molecular flexibility index (Phi) is 6.33. The van der Waals surface area contributed by atoms with Gasteiger partial charge in [-0.15, -0.1) is 6.58 Å². The zero-order chi connectivity index (χ0) is 18.6. The second kappa shape index (κ2) is 8.27. The Bertz CT molecular complexity index is 761. The predicted molar refractivity (Wildman–Crippen MR) is 102 cm³/mol. The van der Waals surface area contributed by atoms with Crippen molar-refractivity contribution in [3.8, 4) is 5.75 Å². The minimum absolute atomic E-state index is 0.0119. The van der Waals surface area contributed by atoms with Gasteiger partial charge < -0.3 is 4.74 Å². The normalized spacial score (nSPS) is 17.5. The molecule has 0 spiro atoms. The summed E-state index contributed by atoms with van der Waals surface area (Å²) >= 11 is 11.3. The summed E-state index contributed by atoms with van der Waals surface area (Å²) in [6, 6.07) is 5.11. The molecule has 2 amide bonds. The van der Waals surface area contributed by atoms with E-state index in [1.54, 1.807) is 18.2 Å². The molecule has 0 aliphatic carbocycles. The molecule has 132 valence electrons. The van der Waals surface area contributed by atoms with Gasteiger partial charge in [0.1, 0.15) is 11.3 Å². The lowest BCUT2D eigenvalue weighted by molar-refractivity contribution is -0.128. The summed E-state index contributed by atoms with van der Waals surface area (Å²) in [6.07, 6.45) is 3.92. The first-order chi connectivity index (χ1) is 11.9. The topological polar surface area (TPSA) is 58.6 Å². The van der Waals surface area contributed by atoms with E-state index in [0.29, 0.717) is 16.3 Å². The van der Waals surface area contributed by atoms with Crippen molar-refractivity contribution in [3.63, 3.8) is 0 Å². The zero-order valence-corrected chi connectivity index (χ0v) is 15.6. The third kappa shape index (κ3) is 4.46. The van der Waals surface area contributed by atoms with Crippen LogP contribution in [0.25, 0.3) is 6.08 Å². The average Bonchev–Trinajstić information content (AvgIpc) is 2.57. The Hall–Kier alpha value is -2.18. The van der Waals surface area contributed by atoms with Gasteiger partial charge in [-0.05, 0) is 49.3 Å². The summed E-state index contributed by atoms with van der Waals surface area (Å²) in [7, 11) is 0. The lowest BCUT2D eigenvalue weighted by Crippen LogP contribution is -2.53. The summed E-state index contributed by atoms with van der Waals surface area (Å²) in [5.41, 5.74) is 0.605. The Balaban J connectivity index is 2.30. The van der Waals surface area contributed by atoms with Crippen LogP contribution in [0.15, 0.2) is 36.4 Å². The highest BCUT2D eigenvalue weighted by atomic mass is 35.5. The Morgan fingerprint density at radius 1 is 1.44 bits per heavy atom. The van der Waals surface area contributed by atoms with Crippen LogP contribution in [0.3, 0.4) is 0 Å². The van der Waals surface area contributed by atoms with Crippen molar-refractivity contribution in [2.75, 3.05) is 6.54 Å². The molecular weight excluding hydrogens is 360 g/mol. The van der Waals surface area contributed by atoms with Crippen LogP contribution in [0, 0.1) is 0 Å². The van der Waals surface area contributed by atoms with E-state index >= 15 is 0 Å². The minimum atomic E-state index is -0.536. The quantitative estimate of drug-likeness (QED) is 0.357. The maximum absolute atomic E-state index is 12.5. The fourth-order valence-corrected chi connectivity index (χ4v) is 2.64. The minimum Gasteiger partial charge on any atom is -0.489 e. The summed E-state index contributed by atoms with van der Waals surface area (Å²) in [6.45, 7) is 7.78. The number of hydrogen-bond donors (Lipinski definition) is 1. The summed E-state index contributed by atoms with van der Waals surface area (Å²) in [5.74, 6) is -0.442. The molecule has 2 rings (SSSR count).